The van der Waals surface area contributed by atoms with E-state index in [0.29, 0.717) is 6.10 Å². The molecular weight excluding hydrogens is 224 g/mol. The molecule has 2 rings (SSSR count). The number of nitrogens with zero attached hydrogens (tertiary/aromatic N) is 1. The van der Waals surface area contributed by atoms with Crippen LogP contribution in [-0.4, -0.2) is 25.8 Å². The predicted molar refractivity (Wildman–Crippen MR) is 76.9 cm³/mol. The molecule has 0 aliphatic carbocycles. The van der Waals surface area contributed by atoms with Crippen LogP contribution in [-0.2, 0) is 4.74 Å². The van der Waals surface area contributed by atoms with Crippen LogP contribution in [0.2, 0.25) is 0 Å². The molecule has 0 saturated carbocycles. The molecule has 3 nitrogen and oxygen atoms in total. The molecule has 0 spiro atoms. The second-order valence-corrected chi connectivity index (χ2v) is 5.00. The van der Waals surface area contributed by atoms with Crippen molar-refractivity contribution < 1.29 is 4.74 Å². The van der Waals surface area contributed by atoms with Crippen LogP contribution in [0.1, 0.15) is 32.6 Å². The lowest BCUT2D eigenvalue weighted by Crippen LogP contribution is -2.27. The van der Waals surface area contributed by atoms with Gasteiger partial charge in [-0.2, -0.15) is 0 Å². The first-order valence-corrected chi connectivity index (χ1v) is 7.01. The number of nitrogens with two attached hydrogens (primary N) is 1. The zero-order chi connectivity index (χ0) is 12.8. The van der Waals surface area contributed by atoms with Crippen molar-refractivity contribution >= 4 is 11.4 Å². The van der Waals surface area contributed by atoms with E-state index in [1.54, 1.807) is 0 Å². The minimum atomic E-state index is 0.470. The summed E-state index contributed by atoms with van der Waals surface area (Å²) in [4.78, 5) is 2.43. The standard InChI is InChI=1S/C15H24N2O/c1-2-10-17(11-9-15-4-3-12-18-15)14-7-5-13(16)6-8-14/h5-8,15H,2-4,9-12,16H2,1H3. The van der Waals surface area contributed by atoms with E-state index in [-0.39, 0.29) is 0 Å². The molecule has 1 aliphatic heterocycles. The maximum absolute atomic E-state index is 5.74. The second kappa shape index (κ2) is 6.64. The van der Waals surface area contributed by atoms with Crippen molar-refractivity contribution in [3.8, 4) is 0 Å². The average molecular weight is 248 g/mol. The minimum Gasteiger partial charge on any atom is -0.399 e. The first-order valence-electron chi connectivity index (χ1n) is 7.01. The monoisotopic (exact) mass is 248 g/mol. The SMILES string of the molecule is CCCN(CCC1CCCO1)c1ccc(N)cc1. The van der Waals surface area contributed by atoms with Gasteiger partial charge in [-0.15, -0.1) is 0 Å². The molecule has 1 heterocycles. The lowest BCUT2D eigenvalue weighted by atomic mass is 10.1. The Morgan fingerprint density at radius 3 is 2.67 bits per heavy atom. The maximum atomic E-state index is 5.74. The number of benzene rings is 1. The quantitative estimate of drug-likeness (QED) is 0.786. The third-order valence-electron chi connectivity index (χ3n) is 3.50. The highest BCUT2D eigenvalue weighted by atomic mass is 16.5. The van der Waals surface area contributed by atoms with Gasteiger partial charge in [0.05, 0.1) is 6.10 Å². The molecule has 1 fully saturated rings. The fraction of sp³-hybridized carbons (Fsp3) is 0.600. The van der Waals surface area contributed by atoms with Crippen LogP contribution >= 0.6 is 0 Å². The number of ether oxygens (including phenoxy) is 1. The summed E-state index contributed by atoms with van der Waals surface area (Å²) < 4.78 is 5.69. The third kappa shape index (κ3) is 3.64. The fourth-order valence-electron chi connectivity index (χ4n) is 2.50. The topological polar surface area (TPSA) is 38.5 Å². The molecule has 2 N–H and O–H groups in total. The van der Waals surface area contributed by atoms with E-state index in [1.807, 2.05) is 12.1 Å². The summed E-state index contributed by atoms with van der Waals surface area (Å²) in [5.74, 6) is 0. The molecule has 1 atom stereocenters. The summed E-state index contributed by atoms with van der Waals surface area (Å²) in [5, 5.41) is 0. The van der Waals surface area contributed by atoms with Gasteiger partial charge in [-0.1, -0.05) is 6.92 Å². The van der Waals surface area contributed by atoms with Crippen LogP contribution in [0.25, 0.3) is 0 Å². The number of hydrogen-bond donors (Lipinski definition) is 1. The van der Waals surface area contributed by atoms with E-state index in [0.717, 1.165) is 38.2 Å². The zero-order valence-electron chi connectivity index (χ0n) is 11.3. The molecule has 1 aromatic carbocycles. The highest BCUT2D eigenvalue weighted by Gasteiger charge is 2.16. The fourth-order valence-corrected chi connectivity index (χ4v) is 2.50. The van der Waals surface area contributed by atoms with Gasteiger partial charge in [0.15, 0.2) is 0 Å². The van der Waals surface area contributed by atoms with E-state index in [4.69, 9.17) is 10.5 Å². The van der Waals surface area contributed by atoms with E-state index >= 15 is 0 Å². The van der Waals surface area contributed by atoms with Crippen molar-refractivity contribution in [3.63, 3.8) is 0 Å². The average Bonchev–Trinajstić information content (AvgIpc) is 2.89. The van der Waals surface area contributed by atoms with Crippen molar-refractivity contribution in [1.82, 2.24) is 0 Å². The van der Waals surface area contributed by atoms with Gasteiger partial charge in [-0.3, -0.25) is 0 Å². The number of hydrogen-bond acceptors (Lipinski definition) is 3. The number of rotatable bonds is 6. The molecule has 0 aromatic heterocycles. The Morgan fingerprint density at radius 1 is 1.28 bits per heavy atom. The molecule has 1 aliphatic rings. The highest BCUT2D eigenvalue weighted by Crippen LogP contribution is 2.20. The highest BCUT2D eigenvalue weighted by molar-refractivity contribution is 5.53. The van der Waals surface area contributed by atoms with E-state index < -0.39 is 0 Å². The molecule has 18 heavy (non-hydrogen) atoms. The van der Waals surface area contributed by atoms with Crippen LogP contribution in [0.5, 0.6) is 0 Å². The lowest BCUT2D eigenvalue weighted by molar-refractivity contribution is 0.105. The van der Waals surface area contributed by atoms with Crippen LogP contribution in [0, 0.1) is 0 Å². The van der Waals surface area contributed by atoms with Crippen LogP contribution in [0.15, 0.2) is 24.3 Å². The molecule has 0 amide bonds. The molecule has 3 heteroatoms. The Balaban J connectivity index is 1.91. The van der Waals surface area contributed by atoms with E-state index in [2.05, 4.69) is 24.0 Å². The van der Waals surface area contributed by atoms with E-state index in [1.165, 1.54) is 18.5 Å². The molecule has 1 unspecified atom stereocenters. The summed E-state index contributed by atoms with van der Waals surface area (Å²) >= 11 is 0. The molecule has 0 radical (unpaired) electrons. The van der Waals surface area contributed by atoms with Crippen LogP contribution in [0.3, 0.4) is 0 Å². The summed E-state index contributed by atoms with van der Waals surface area (Å²) in [6, 6.07) is 8.18. The van der Waals surface area contributed by atoms with E-state index in [9.17, 15) is 0 Å². The van der Waals surface area contributed by atoms with Crippen LogP contribution in [0.4, 0.5) is 11.4 Å². The second-order valence-electron chi connectivity index (χ2n) is 5.00. The minimum absolute atomic E-state index is 0.470. The Bertz CT molecular complexity index is 344. The third-order valence-corrected chi connectivity index (χ3v) is 3.50. The lowest BCUT2D eigenvalue weighted by Gasteiger charge is -2.25. The van der Waals surface area contributed by atoms with Gasteiger partial charge in [0.2, 0.25) is 0 Å². The summed E-state index contributed by atoms with van der Waals surface area (Å²) in [6.45, 7) is 5.33. The largest absolute Gasteiger partial charge is 0.399 e. The van der Waals surface area contributed by atoms with Gasteiger partial charge in [-0.05, 0) is 49.9 Å². The van der Waals surface area contributed by atoms with Gasteiger partial charge < -0.3 is 15.4 Å². The van der Waals surface area contributed by atoms with Gasteiger partial charge in [0.25, 0.3) is 0 Å². The summed E-state index contributed by atoms with van der Waals surface area (Å²) in [7, 11) is 0. The molecule has 100 valence electrons. The van der Waals surface area contributed by atoms with Crippen LogP contribution < -0.4 is 10.6 Å². The molecule has 0 bridgehead atoms. The Kier molecular flexibility index (Phi) is 4.88. The molecule has 1 saturated heterocycles. The van der Waals surface area contributed by atoms with Gasteiger partial charge >= 0.3 is 0 Å². The first-order chi connectivity index (χ1) is 8.79. The van der Waals surface area contributed by atoms with Crippen molar-refractivity contribution in [2.24, 2.45) is 0 Å². The predicted octanol–water partition coefficient (Wildman–Crippen LogP) is 3.05. The van der Waals surface area contributed by atoms with Gasteiger partial charge in [0.1, 0.15) is 0 Å². The van der Waals surface area contributed by atoms with Gasteiger partial charge in [0, 0.05) is 31.1 Å². The Hall–Kier alpha value is -1.22. The van der Waals surface area contributed by atoms with Crippen molar-refractivity contribution in [3.05, 3.63) is 24.3 Å². The smallest absolute Gasteiger partial charge is 0.0592 e. The molecule has 1 aromatic rings. The Labute approximate surface area is 110 Å². The zero-order valence-corrected chi connectivity index (χ0v) is 11.3. The van der Waals surface area contributed by atoms with Crippen molar-refractivity contribution in [2.45, 2.75) is 38.7 Å². The van der Waals surface area contributed by atoms with Crippen molar-refractivity contribution in [1.29, 1.82) is 0 Å². The summed E-state index contributed by atoms with van der Waals surface area (Å²) in [5.41, 5.74) is 7.83. The number of anilines is 2. The number of nitrogen functional groups attached to an aromatic ring is 1. The first kappa shape index (κ1) is 13.2. The normalized spacial score (nSPS) is 19.1. The van der Waals surface area contributed by atoms with Crippen molar-refractivity contribution in [2.75, 3.05) is 30.3 Å². The summed E-state index contributed by atoms with van der Waals surface area (Å²) in [6.07, 6.45) is 5.21. The maximum Gasteiger partial charge on any atom is 0.0592 e. The molecular formula is C15H24N2O. The Morgan fingerprint density at radius 2 is 2.06 bits per heavy atom. The van der Waals surface area contributed by atoms with Gasteiger partial charge in [-0.25, -0.2) is 0 Å².